The Labute approximate surface area is 182 Å². The van der Waals surface area contributed by atoms with Crippen LogP contribution in [0, 0.1) is 5.92 Å². The lowest BCUT2D eigenvalue weighted by molar-refractivity contribution is -0.125. The van der Waals surface area contributed by atoms with Crippen molar-refractivity contribution in [2.24, 2.45) is 5.92 Å². The van der Waals surface area contributed by atoms with Gasteiger partial charge in [-0.25, -0.2) is 0 Å². The van der Waals surface area contributed by atoms with E-state index < -0.39 is 17.9 Å². The number of nitrogens with zero attached hydrogens (tertiary/aromatic N) is 1. The van der Waals surface area contributed by atoms with Crippen LogP contribution >= 0.6 is 0 Å². The topological polar surface area (TPSA) is 84.9 Å². The zero-order valence-electron chi connectivity index (χ0n) is 18.3. The number of methoxy groups -OCH3 is 2. The van der Waals surface area contributed by atoms with Gasteiger partial charge in [0.1, 0.15) is 6.04 Å². The summed E-state index contributed by atoms with van der Waals surface area (Å²) in [5.41, 5.74) is 1.66. The molecule has 1 aliphatic rings. The molecule has 3 rings (SSSR count). The van der Waals surface area contributed by atoms with Crippen molar-refractivity contribution in [2.75, 3.05) is 20.8 Å². The normalized spacial score (nSPS) is 13.9. The maximum absolute atomic E-state index is 13.0. The summed E-state index contributed by atoms with van der Waals surface area (Å²) < 4.78 is 10.6. The highest BCUT2D eigenvalue weighted by atomic mass is 16.5. The van der Waals surface area contributed by atoms with Crippen molar-refractivity contribution in [1.29, 1.82) is 0 Å². The van der Waals surface area contributed by atoms with Gasteiger partial charge in [-0.1, -0.05) is 32.0 Å². The fraction of sp³-hybridized carbons (Fsp3) is 0.375. The molecule has 1 aliphatic heterocycles. The van der Waals surface area contributed by atoms with E-state index in [1.165, 1.54) is 0 Å². The molecule has 0 radical (unpaired) electrons. The molecule has 0 aromatic heterocycles. The van der Waals surface area contributed by atoms with Crippen LogP contribution in [0.1, 0.15) is 46.5 Å². The summed E-state index contributed by atoms with van der Waals surface area (Å²) in [6.45, 7) is 4.29. The molecule has 1 heterocycles. The summed E-state index contributed by atoms with van der Waals surface area (Å²) in [4.78, 5) is 39.8. The Morgan fingerprint density at radius 3 is 2.13 bits per heavy atom. The lowest BCUT2D eigenvalue weighted by Crippen LogP contribution is -2.50. The lowest BCUT2D eigenvalue weighted by Gasteiger charge is -2.26. The summed E-state index contributed by atoms with van der Waals surface area (Å²) in [6, 6.07) is 11.4. The van der Waals surface area contributed by atoms with E-state index in [1.807, 2.05) is 32.0 Å². The van der Waals surface area contributed by atoms with Gasteiger partial charge in [-0.05, 0) is 48.6 Å². The summed E-state index contributed by atoms with van der Waals surface area (Å²) in [7, 11) is 3.15. The first-order valence-electron chi connectivity index (χ1n) is 10.3. The summed E-state index contributed by atoms with van der Waals surface area (Å²) in [6.07, 6.45) is 0.969. The molecule has 1 unspecified atom stereocenters. The highest BCUT2D eigenvalue weighted by Crippen LogP contribution is 2.28. The summed E-state index contributed by atoms with van der Waals surface area (Å²) >= 11 is 0. The van der Waals surface area contributed by atoms with E-state index in [0.29, 0.717) is 42.0 Å². The summed E-state index contributed by atoms with van der Waals surface area (Å²) in [5, 5.41) is 2.89. The van der Waals surface area contributed by atoms with Crippen molar-refractivity contribution in [2.45, 2.75) is 32.7 Å². The Balaban J connectivity index is 1.70. The van der Waals surface area contributed by atoms with Gasteiger partial charge in [0.15, 0.2) is 11.5 Å². The van der Waals surface area contributed by atoms with Gasteiger partial charge < -0.3 is 14.8 Å². The minimum atomic E-state index is -0.849. The van der Waals surface area contributed by atoms with Crippen LogP contribution in [-0.2, 0) is 11.2 Å². The third-order valence-corrected chi connectivity index (χ3v) is 5.30. The van der Waals surface area contributed by atoms with E-state index in [2.05, 4.69) is 5.32 Å². The molecule has 0 spiro atoms. The zero-order chi connectivity index (χ0) is 22.5. The van der Waals surface area contributed by atoms with Gasteiger partial charge in [0.25, 0.3) is 11.8 Å². The van der Waals surface area contributed by atoms with E-state index >= 15 is 0 Å². The van der Waals surface area contributed by atoms with Crippen molar-refractivity contribution in [3.8, 4) is 11.5 Å². The Morgan fingerprint density at radius 2 is 1.58 bits per heavy atom. The van der Waals surface area contributed by atoms with Crippen LogP contribution in [0.15, 0.2) is 42.5 Å². The van der Waals surface area contributed by atoms with Gasteiger partial charge in [0.2, 0.25) is 5.91 Å². The number of benzene rings is 2. The molecule has 7 nitrogen and oxygen atoms in total. The van der Waals surface area contributed by atoms with Gasteiger partial charge >= 0.3 is 0 Å². The van der Waals surface area contributed by atoms with Crippen molar-refractivity contribution in [3.63, 3.8) is 0 Å². The monoisotopic (exact) mass is 424 g/mol. The molecule has 0 aliphatic carbocycles. The number of rotatable bonds is 9. The van der Waals surface area contributed by atoms with Gasteiger partial charge in [-0.2, -0.15) is 0 Å². The molecule has 0 saturated heterocycles. The highest BCUT2D eigenvalue weighted by Gasteiger charge is 2.42. The number of carbonyl (C=O) groups excluding carboxylic acids is 3. The van der Waals surface area contributed by atoms with Crippen LogP contribution in [-0.4, -0.2) is 49.4 Å². The predicted octanol–water partition coefficient (Wildman–Crippen LogP) is 3.07. The van der Waals surface area contributed by atoms with E-state index in [4.69, 9.17) is 9.47 Å². The molecular formula is C24H28N2O5. The first kappa shape index (κ1) is 22.3. The van der Waals surface area contributed by atoms with Crippen LogP contribution in [0.2, 0.25) is 0 Å². The second kappa shape index (κ2) is 9.64. The SMILES string of the molecule is COc1ccc(CCNC(=O)C(CC(C)C)N2C(=O)c3ccccc3C2=O)cc1OC. The first-order chi connectivity index (χ1) is 14.9. The minimum absolute atomic E-state index is 0.130. The molecule has 31 heavy (non-hydrogen) atoms. The second-order valence-electron chi connectivity index (χ2n) is 7.90. The molecule has 7 heteroatoms. The quantitative estimate of drug-likeness (QED) is 0.626. The highest BCUT2D eigenvalue weighted by molar-refractivity contribution is 6.22. The largest absolute Gasteiger partial charge is 0.493 e. The number of amides is 3. The van der Waals surface area contributed by atoms with E-state index in [0.717, 1.165) is 10.5 Å². The van der Waals surface area contributed by atoms with Crippen LogP contribution in [0.3, 0.4) is 0 Å². The van der Waals surface area contributed by atoms with Gasteiger partial charge in [-0.15, -0.1) is 0 Å². The molecule has 0 bridgehead atoms. The fourth-order valence-corrected chi connectivity index (χ4v) is 3.75. The summed E-state index contributed by atoms with van der Waals surface area (Å²) in [5.74, 6) is 0.227. The van der Waals surface area contributed by atoms with Crippen LogP contribution in [0.25, 0.3) is 0 Å². The standard InChI is InChI=1S/C24H28N2O5/c1-15(2)13-19(26-23(28)17-7-5-6-8-18(17)24(26)29)22(27)25-12-11-16-9-10-20(30-3)21(14-16)31-4/h5-10,14-15,19H,11-13H2,1-4H3,(H,25,27). The van der Waals surface area contributed by atoms with E-state index in [9.17, 15) is 14.4 Å². The average molecular weight is 424 g/mol. The number of hydrogen-bond donors (Lipinski definition) is 1. The van der Waals surface area contributed by atoms with Crippen molar-refractivity contribution in [3.05, 3.63) is 59.2 Å². The second-order valence-corrected chi connectivity index (χ2v) is 7.90. The van der Waals surface area contributed by atoms with Crippen molar-refractivity contribution >= 4 is 17.7 Å². The molecule has 0 saturated carbocycles. The maximum atomic E-state index is 13.0. The van der Waals surface area contributed by atoms with Crippen LogP contribution < -0.4 is 14.8 Å². The molecule has 1 N–H and O–H groups in total. The number of hydrogen-bond acceptors (Lipinski definition) is 5. The fourth-order valence-electron chi connectivity index (χ4n) is 3.75. The minimum Gasteiger partial charge on any atom is -0.493 e. The predicted molar refractivity (Wildman–Crippen MR) is 116 cm³/mol. The Bertz CT molecular complexity index is 951. The van der Waals surface area contributed by atoms with E-state index in [1.54, 1.807) is 38.5 Å². The van der Waals surface area contributed by atoms with E-state index in [-0.39, 0.29) is 11.8 Å². The number of ether oxygens (including phenoxy) is 2. The third-order valence-electron chi connectivity index (χ3n) is 5.30. The van der Waals surface area contributed by atoms with Crippen LogP contribution in [0.4, 0.5) is 0 Å². The molecule has 2 aromatic carbocycles. The molecular weight excluding hydrogens is 396 g/mol. The Hall–Kier alpha value is -3.35. The maximum Gasteiger partial charge on any atom is 0.262 e. The Morgan fingerprint density at radius 1 is 0.968 bits per heavy atom. The van der Waals surface area contributed by atoms with Crippen LogP contribution in [0.5, 0.6) is 11.5 Å². The van der Waals surface area contributed by atoms with Gasteiger partial charge in [-0.3, -0.25) is 19.3 Å². The first-order valence-corrected chi connectivity index (χ1v) is 10.3. The average Bonchev–Trinajstić information content (AvgIpc) is 3.02. The number of nitrogens with one attached hydrogen (secondary N) is 1. The molecule has 2 aromatic rings. The smallest absolute Gasteiger partial charge is 0.262 e. The lowest BCUT2D eigenvalue weighted by atomic mass is 10.0. The number of fused-ring (bicyclic) bond motifs is 1. The zero-order valence-corrected chi connectivity index (χ0v) is 18.3. The number of carbonyl (C=O) groups is 3. The Kier molecular flexibility index (Phi) is 6.95. The van der Waals surface area contributed by atoms with Crippen molar-refractivity contribution < 1.29 is 23.9 Å². The van der Waals surface area contributed by atoms with Crippen molar-refractivity contribution in [1.82, 2.24) is 10.2 Å². The molecule has 164 valence electrons. The molecule has 0 fully saturated rings. The molecule has 1 atom stereocenters. The third kappa shape index (κ3) is 4.71. The number of imide groups is 1. The van der Waals surface area contributed by atoms with Gasteiger partial charge in [0.05, 0.1) is 25.3 Å². The molecule has 3 amide bonds. The van der Waals surface area contributed by atoms with Gasteiger partial charge in [0, 0.05) is 6.54 Å².